The van der Waals surface area contributed by atoms with Gasteiger partial charge >= 0.3 is 0 Å². The number of hydrogen-bond acceptors (Lipinski definition) is 4. The Morgan fingerprint density at radius 3 is 2.54 bits per heavy atom. The van der Waals surface area contributed by atoms with Gasteiger partial charge in [0.2, 0.25) is 5.91 Å². The molecule has 2 aromatic rings. The highest BCUT2D eigenvalue weighted by atomic mass is 16.6. The van der Waals surface area contributed by atoms with Crippen LogP contribution < -0.4 is 9.47 Å². The second kappa shape index (κ2) is 8.05. The Labute approximate surface area is 165 Å². The van der Waals surface area contributed by atoms with E-state index in [4.69, 9.17) is 9.47 Å². The van der Waals surface area contributed by atoms with Crippen LogP contribution in [0.25, 0.3) is 0 Å². The van der Waals surface area contributed by atoms with Crippen molar-refractivity contribution in [2.75, 3.05) is 19.8 Å². The number of rotatable bonds is 5. The van der Waals surface area contributed by atoms with Crippen molar-refractivity contribution in [1.82, 2.24) is 4.90 Å². The summed E-state index contributed by atoms with van der Waals surface area (Å²) in [6, 6.07) is 13.5. The van der Waals surface area contributed by atoms with Gasteiger partial charge in [0.15, 0.2) is 17.3 Å². The minimum Gasteiger partial charge on any atom is -0.486 e. The van der Waals surface area contributed by atoms with Crippen LogP contribution in [0.1, 0.15) is 53.2 Å². The van der Waals surface area contributed by atoms with Gasteiger partial charge in [0.25, 0.3) is 0 Å². The highest BCUT2D eigenvalue weighted by Crippen LogP contribution is 2.38. The molecule has 0 saturated carbocycles. The van der Waals surface area contributed by atoms with E-state index >= 15 is 0 Å². The van der Waals surface area contributed by atoms with Crippen molar-refractivity contribution in [3.05, 3.63) is 59.2 Å². The van der Waals surface area contributed by atoms with Crippen molar-refractivity contribution in [2.24, 2.45) is 0 Å². The summed E-state index contributed by atoms with van der Waals surface area (Å²) >= 11 is 0. The standard InChI is InChI=1S/C23H25NO4/c1-16-4-6-17(7-5-16)20(25)9-11-23(26)24-12-2-3-19(24)18-8-10-21-22(15-18)28-14-13-27-21/h4-8,10,15,19H,2-3,9,11-14H2,1H3. The number of aryl methyl sites for hydroxylation is 1. The van der Waals surface area contributed by atoms with E-state index in [0.717, 1.165) is 42.0 Å². The van der Waals surface area contributed by atoms with Crippen molar-refractivity contribution in [1.29, 1.82) is 0 Å². The van der Waals surface area contributed by atoms with Gasteiger partial charge in [-0.05, 0) is 37.5 Å². The summed E-state index contributed by atoms with van der Waals surface area (Å²) in [6.07, 6.45) is 2.38. The zero-order valence-corrected chi connectivity index (χ0v) is 16.1. The van der Waals surface area contributed by atoms with E-state index in [0.29, 0.717) is 18.8 Å². The molecule has 0 aromatic heterocycles. The second-order valence-corrected chi connectivity index (χ2v) is 7.44. The Morgan fingerprint density at radius 1 is 1.00 bits per heavy atom. The lowest BCUT2D eigenvalue weighted by Crippen LogP contribution is -2.30. The van der Waals surface area contributed by atoms with Crippen molar-refractivity contribution < 1.29 is 19.1 Å². The van der Waals surface area contributed by atoms with Crippen molar-refractivity contribution in [3.8, 4) is 11.5 Å². The van der Waals surface area contributed by atoms with Crippen molar-refractivity contribution in [2.45, 2.75) is 38.6 Å². The van der Waals surface area contributed by atoms with Gasteiger partial charge in [0, 0.05) is 24.9 Å². The zero-order valence-electron chi connectivity index (χ0n) is 16.1. The first-order valence-corrected chi connectivity index (χ1v) is 9.91. The predicted octanol–water partition coefficient (Wildman–Crippen LogP) is 4.09. The number of Topliss-reactive ketones (excluding diaryl/α,β-unsaturated/α-hetero) is 1. The molecule has 0 bridgehead atoms. The number of fused-ring (bicyclic) bond motifs is 1. The van der Waals surface area contributed by atoms with E-state index in [9.17, 15) is 9.59 Å². The van der Waals surface area contributed by atoms with E-state index in [1.54, 1.807) is 0 Å². The molecule has 1 atom stereocenters. The van der Waals surface area contributed by atoms with E-state index in [1.165, 1.54) is 0 Å². The molecule has 0 spiro atoms. The molecule has 2 aliphatic rings. The fraction of sp³-hybridized carbons (Fsp3) is 0.391. The molecule has 2 aliphatic heterocycles. The van der Waals surface area contributed by atoms with Gasteiger partial charge in [0.05, 0.1) is 6.04 Å². The Kier molecular flexibility index (Phi) is 5.33. The summed E-state index contributed by atoms with van der Waals surface area (Å²) in [6.45, 7) is 3.83. The van der Waals surface area contributed by atoms with Crippen LogP contribution >= 0.6 is 0 Å². The summed E-state index contributed by atoms with van der Waals surface area (Å²) in [5.41, 5.74) is 2.86. The third kappa shape index (κ3) is 3.88. The number of amides is 1. The Hall–Kier alpha value is -2.82. The molecule has 0 aliphatic carbocycles. The normalized spacial score (nSPS) is 18.2. The van der Waals surface area contributed by atoms with Crippen LogP contribution in [0, 0.1) is 6.92 Å². The van der Waals surface area contributed by atoms with Crippen LogP contribution in [0.2, 0.25) is 0 Å². The van der Waals surface area contributed by atoms with Crippen LogP contribution in [-0.4, -0.2) is 36.3 Å². The van der Waals surface area contributed by atoms with Gasteiger partial charge in [-0.1, -0.05) is 35.9 Å². The van der Waals surface area contributed by atoms with Crippen LogP contribution in [0.3, 0.4) is 0 Å². The van der Waals surface area contributed by atoms with Gasteiger partial charge < -0.3 is 14.4 Å². The van der Waals surface area contributed by atoms with Gasteiger partial charge in [-0.25, -0.2) is 0 Å². The molecule has 2 heterocycles. The third-order valence-electron chi connectivity index (χ3n) is 5.46. The number of benzene rings is 2. The molecule has 2 aromatic carbocycles. The zero-order chi connectivity index (χ0) is 19.5. The van der Waals surface area contributed by atoms with E-state index in [2.05, 4.69) is 0 Å². The Morgan fingerprint density at radius 2 is 1.75 bits per heavy atom. The van der Waals surface area contributed by atoms with Crippen LogP contribution in [0.15, 0.2) is 42.5 Å². The Bertz CT molecular complexity index is 875. The SMILES string of the molecule is Cc1ccc(C(=O)CCC(=O)N2CCCC2c2ccc3c(c2)OCCO3)cc1. The highest BCUT2D eigenvalue weighted by Gasteiger charge is 2.30. The lowest BCUT2D eigenvalue weighted by atomic mass is 10.0. The molecule has 1 fully saturated rings. The molecule has 1 unspecified atom stereocenters. The lowest BCUT2D eigenvalue weighted by Gasteiger charge is -2.26. The van der Waals surface area contributed by atoms with E-state index in [-0.39, 0.29) is 30.6 Å². The van der Waals surface area contributed by atoms with Gasteiger partial charge in [-0.2, -0.15) is 0 Å². The summed E-state index contributed by atoms with van der Waals surface area (Å²) < 4.78 is 11.3. The average Bonchev–Trinajstić information content (AvgIpc) is 3.22. The maximum absolute atomic E-state index is 12.8. The maximum Gasteiger partial charge on any atom is 0.223 e. The number of ketones is 1. The molecule has 1 saturated heterocycles. The monoisotopic (exact) mass is 379 g/mol. The number of carbonyl (C=O) groups is 2. The minimum absolute atomic E-state index is 0.0171. The smallest absolute Gasteiger partial charge is 0.223 e. The largest absolute Gasteiger partial charge is 0.486 e. The maximum atomic E-state index is 12.8. The molecular weight excluding hydrogens is 354 g/mol. The first kappa shape index (κ1) is 18.5. The average molecular weight is 379 g/mol. The number of carbonyl (C=O) groups excluding carboxylic acids is 2. The number of nitrogens with zero attached hydrogens (tertiary/aromatic N) is 1. The highest BCUT2D eigenvalue weighted by molar-refractivity contribution is 5.98. The Balaban J connectivity index is 1.41. The number of ether oxygens (including phenoxy) is 2. The molecule has 0 radical (unpaired) electrons. The summed E-state index contributed by atoms with van der Waals surface area (Å²) in [7, 11) is 0. The first-order valence-electron chi connectivity index (χ1n) is 9.91. The topological polar surface area (TPSA) is 55.8 Å². The second-order valence-electron chi connectivity index (χ2n) is 7.44. The van der Waals surface area contributed by atoms with Crippen molar-refractivity contribution >= 4 is 11.7 Å². The van der Waals surface area contributed by atoms with Crippen LogP contribution in [0.4, 0.5) is 0 Å². The quantitative estimate of drug-likeness (QED) is 0.734. The molecule has 1 amide bonds. The predicted molar refractivity (Wildman–Crippen MR) is 106 cm³/mol. The summed E-state index contributed by atoms with van der Waals surface area (Å²) in [5.74, 6) is 1.56. The summed E-state index contributed by atoms with van der Waals surface area (Å²) in [5, 5.41) is 0. The number of likely N-dealkylation sites (tertiary alicyclic amines) is 1. The van der Waals surface area contributed by atoms with Crippen LogP contribution in [0.5, 0.6) is 11.5 Å². The lowest BCUT2D eigenvalue weighted by molar-refractivity contribution is -0.132. The minimum atomic E-state index is 0.0171. The molecular formula is C23H25NO4. The molecule has 5 heteroatoms. The van der Waals surface area contributed by atoms with Gasteiger partial charge in [-0.15, -0.1) is 0 Å². The number of hydrogen-bond donors (Lipinski definition) is 0. The van der Waals surface area contributed by atoms with E-state index in [1.807, 2.05) is 54.3 Å². The summed E-state index contributed by atoms with van der Waals surface area (Å²) in [4.78, 5) is 27.1. The van der Waals surface area contributed by atoms with Crippen LogP contribution in [-0.2, 0) is 4.79 Å². The fourth-order valence-corrected chi connectivity index (χ4v) is 3.93. The molecule has 0 N–H and O–H groups in total. The van der Waals surface area contributed by atoms with Crippen molar-refractivity contribution in [3.63, 3.8) is 0 Å². The van der Waals surface area contributed by atoms with Gasteiger partial charge in [0.1, 0.15) is 13.2 Å². The molecule has 4 rings (SSSR count). The van der Waals surface area contributed by atoms with E-state index < -0.39 is 0 Å². The first-order chi connectivity index (χ1) is 13.6. The molecule has 146 valence electrons. The molecule has 28 heavy (non-hydrogen) atoms. The third-order valence-corrected chi connectivity index (χ3v) is 5.46. The van der Waals surface area contributed by atoms with Gasteiger partial charge in [-0.3, -0.25) is 9.59 Å². The molecule has 5 nitrogen and oxygen atoms in total. The fourth-order valence-electron chi connectivity index (χ4n) is 3.93.